The maximum absolute atomic E-state index is 5.68. The molecule has 0 saturated carbocycles. The van der Waals surface area contributed by atoms with Gasteiger partial charge in [0.25, 0.3) is 0 Å². The normalized spacial score (nSPS) is 11.9. The van der Waals surface area contributed by atoms with Gasteiger partial charge in [0.1, 0.15) is 17.2 Å². The molecule has 19 heavy (non-hydrogen) atoms. The molecule has 0 radical (unpaired) electrons. The van der Waals surface area contributed by atoms with E-state index in [1.807, 2.05) is 36.4 Å². The average molecular weight is 259 g/mol. The van der Waals surface area contributed by atoms with E-state index in [1.165, 1.54) is 0 Å². The highest BCUT2D eigenvalue weighted by Crippen LogP contribution is 2.32. The minimum absolute atomic E-state index is 0.299. The SMILES string of the molecule is COc1ccccc1C(NN)c1ncccc1OC. The number of hydrazine groups is 1. The Labute approximate surface area is 112 Å². The molecule has 1 aromatic heterocycles. The Morgan fingerprint density at radius 2 is 1.74 bits per heavy atom. The summed E-state index contributed by atoms with van der Waals surface area (Å²) in [5.41, 5.74) is 4.39. The lowest BCUT2D eigenvalue weighted by Gasteiger charge is -2.20. The van der Waals surface area contributed by atoms with Crippen molar-refractivity contribution in [2.75, 3.05) is 14.2 Å². The fourth-order valence-electron chi connectivity index (χ4n) is 2.01. The molecule has 5 nitrogen and oxygen atoms in total. The third kappa shape index (κ3) is 2.67. The molecule has 0 saturated heterocycles. The van der Waals surface area contributed by atoms with Gasteiger partial charge in [0.05, 0.1) is 20.3 Å². The summed E-state index contributed by atoms with van der Waals surface area (Å²) in [5, 5.41) is 0. The topological polar surface area (TPSA) is 69.4 Å². The molecule has 0 aliphatic carbocycles. The lowest BCUT2D eigenvalue weighted by atomic mass is 10.0. The number of ether oxygens (including phenoxy) is 2. The van der Waals surface area contributed by atoms with Crippen molar-refractivity contribution in [3.8, 4) is 11.5 Å². The number of hydrogen-bond acceptors (Lipinski definition) is 5. The zero-order chi connectivity index (χ0) is 13.7. The van der Waals surface area contributed by atoms with Crippen LogP contribution in [-0.4, -0.2) is 19.2 Å². The molecule has 0 bridgehead atoms. The van der Waals surface area contributed by atoms with Gasteiger partial charge in [-0.15, -0.1) is 0 Å². The number of nitrogens with two attached hydrogens (primary N) is 1. The van der Waals surface area contributed by atoms with Gasteiger partial charge in [-0.2, -0.15) is 0 Å². The zero-order valence-electron chi connectivity index (χ0n) is 11.0. The van der Waals surface area contributed by atoms with E-state index in [1.54, 1.807) is 20.4 Å². The first-order valence-corrected chi connectivity index (χ1v) is 5.89. The Morgan fingerprint density at radius 1 is 1.05 bits per heavy atom. The monoisotopic (exact) mass is 259 g/mol. The number of rotatable bonds is 5. The van der Waals surface area contributed by atoms with Crippen molar-refractivity contribution in [3.05, 3.63) is 53.9 Å². The van der Waals surface area contributed by atoms with E-state index in [-0.39, 0.29) is 6.04 Å². The van der Waals surface area contributed by atoms with Crippen molar-refractivity contribution < 1.29 is 9.47 Å². The fourth-order valence-corrected chi connectivity index (χ4v) is 2.01. The Balaban J connectivity index is 2.50. The van der Waals surface area contributed by atoms with Gasteiger partial charge in [-0.25, -0.2) is 5.43 Å². The van der Waals surface area contributed by atoms with Crippen LogP contribution in [0.4, 0.5) is 0 Å². The number of hydrogen-bond donors (Lipinski definition) is 2. The predicted octanol–water partition coefficient (Wildman–Crippen LogP) is 1.65. The van der Waals surface area contributed by atoms with Crippen molar-refractivity contribution >= 4 is 0 Å². The van der Waals surface area contributed by atoms with E-state index < -0.39 is 0 Å². The number of nitrogens with one attached hydrogen (secondary N) is 1. The molecule has 1 atom stereocenters. The van der Waals surface area contributed by atoms with Crippen LogP contribution < -0.4 is 20.7 Å². The Hall–Kier alpha value is -2.11. The summed E-state index contributed by atoms with van der Waals surface area (Å²) in [6, 6.07) is 11.0. The summed E-state index contributed by atoms with van der Waals surface area (Å²) in [6.45, 7) is 0. The summed E-state index contributed by atoms with van der Waals surface area (Å²) in [5.74, 6) is 7.11. The first-order chi connectivity index (χ1) is 9.31. The first kappa shape index (κ1) is 13.3. The highest BCUT2D eigenvalue weighted by atomic mass is 16.5. The summed E-state index contributed by atoms with van der Waals surface area (Å²) >= 11 is 0. The van der Waals surface area contributed by atoms with Crippen molar-refractivity contribution in [1.29, 1.82) is 0 Å². The van der Waals surface area contributed by atoms with Gasteiger partial charge in [0, 0.05) is 11.8 Å². The van der Waals surface area contributed by atoms with Crippen LogP contribution in [0, 0.1) is 0 Å². The molecule has 2 rings (SSSR count). The van der Waals surface area contributed by atoms with E-state index in [0.29, 0.717) is 5.75 Å². The maximum Gasteiger partial charge on any atom is 0.142 e. The first-order valence-electron chi connectivity index (χ1n) is 5.89. The predicted molar refractivity (Wildman–Crippen MR) is 72.9 cm³/mol. The van der Waals surface area contributed by atoms with Gasteiger partial charge < -0.3 is 9.47 Å². The van der Waals surface area contributed by atoms with Crippen LogP contribution in [-0.2, 0) is 0 Å². The Morgan fingerprint density at radius 3 is 2.42 bits per heavy atom. The van der Waals surface area contributed by atoms with Crippen LogP contribution in [0.15, 0.2) is 42.6 Å². The largest absolute Gasteiger partial charge is 0.496 e. The van der Waals surface area contributed by atoms with Crippen LogP contribution in [0.1, 0.15) is 17.3 Å². The van der Waals surface area contributed by atoms with Crippen molar-refractivity contribution in [2.24, 2.45) is 5.84 Å². The second kappa shape index (κ2) is 6.17. The van der Waals surface area contributed by atoms with Gasteiger partial charge in [0.2, 0.25) is 0 Å². The van der Waals surface area contributed by atoms with Crippen LogP contribution in [0.5, 0.6) is 11.5 Å². The van der Waals surface area contributed by atoms with Gasteiger partial charge in [-0.05, 0) is 18.2 Å². The van der Waals surface area contributed by atoms with Crippen LogP contribution >= 0.6 is 0 Å². The van der Waals surface area contributed by atoms with E-state index in [2.05, 4.69) is 10.4 Å². The minimum Gasteiger partial charge on any atom is -0.496 e. The highest BCUT2D eigenvalue weighted by molar-refractivity contribution is 5.43. The maximum atomic E-state index is 5.68. The molecular weight excluding hydrogens is 242 g/mol. The highest BCUT2D eigenvalue weighted by Gasteiger charge is 2.21. The second-order valence-electron chi connectivity index (χ2n) is 3.93. The van der Waals surface area contributed by atoms with Crippen LogP contribution in [0.25, 0.3) is 0 Å². The van der Waals surface area contributed by atoms with E-state index in [4.69, 9.17) is 15.3 Å². The quantitative estimate of drug-likeness (QED) is 0.631. The third-order valence-corrected chi connectivity index (χ3v) is 2.91. The van der Waals surface area contributed by atoms with Crippen LogP contribution in [0.3, 0.4) is 0 Å². The van der Waals surface area contributed by atoms with E-state index in [9.17, 15) is 0 Å². The van der Waals surface area contributed by atoms with Gasteiger partial charge in [0.15, 0.2) is 0 Å². The van der Waals surface area contributed by atoms with E-state index in [0.717, 1.165) is 17.0 Å². The number of para-hydroxylation sites is 1. The van der Waals surface area contributed by atoms with Crippen molar-refractivity contribution in [2.45, 2.75) is 6.04 Å². The molecule has 1 heterocycles. The summed E-state index contributed by atoms with van der Waals surface area (Å²) in [4.78, 5) is 4.35. The smallest absolute Gasteiger partial charge is 0.142 e. The summed E-state index contributed by atoms with van der Waals surface area (Å²) < 4.78 is 10.7. The summed E-state index contributed by atoms with van der Waals surface area (Å²) in [6.07, 6.45) is 1.71. The molecule has 1 unspecified atom stereocenters. The standard InChI is InChI=1S/C14H17N3O2/c1-18-11-7-4-3-6-10(11)13(17-15)14-12(19-2)8-5-9-16-14/h3-9,13,17H,15H2,1-2H3. The number of aromatic nitrogens is 1. The average Bonchev–Trinajstić information content (AvgIpc) is 2.49. The minimum atomic E-state index is -0.299. The van der Waals surface area contributed by atoms with Crippen molar-refractivity contribution in [1.82, 2.24) is 10.4 Å². The van der Waals surface area contributed by atoms with Gasteiger partial charge in [-0.3, -0.25) is 10.8 Å². The molecule has 0 fully saturated rings. The van der Waals surface area contributed by atoms with Crippen molar-refractivity contribution in [3.63, 3.8) is 0 Å². The number of nitrogens with zero attached hydrogens (tertiary/aromatic N) is 1. The molecule has 0 aliphatic heterocycles. The number of benzene rings is 1. The molecule has 2 aromatic rings. The lowest BCUT2D eigenvalue weighted by Crippen LogP contribution is -2.30. The molecule has 5 heteroatoms. The molecule has 3 N–H and O–H groups in total. The van der Waals surface area contributed by atoms with Crippen LogP contribution in [0.2, 0.25) is 0 Å². The molecule has 0 amide bonds. The summed E-state index contributed by atoms with van der Waals surface area (Å²) in [7, 11) is 3.23. The molecule has 0 aliphatic rings. The third-order valence-electron chi connectivity index (χ3n) is 2.91. The number of pyridine rings is 1. The molecular formula is C14H17N3O2. The Kier molecular flexibility index (Phi) is 4.33. The zero-order valence-corrected chi connectivity index (χ0v) is 11.0. The van der Waals surface area contributed by atoms with Gasteiger partial charge >= 0.3 is 0 Å². The molecule has 0 spiro atoms. The molecule has 100 valence electrons. The van der Waals surface area contributed by atoms with Gasteiger partial charge in [-0.1, -0.05) is 18.2 Å². The fraction of sp³-hybridized carbons (Fsp3) is 0.214. The molecule has 1 aromatic carbocycles. The van der Waals surface area contributed by atoms with E-state index >= 15 is 0 Å². The second-order valence-corrected chi connectivity index (χ2v) is 3.93. The Bertz CT molecular complexity index is 498. The lowest BCUT2D eigenvalue weighted by molar-refractivity contribution is 0.390. The number of methoxy groups -OCH3 is 2.